The maximum absolute atomic E-state index is 6.34. The van der Waals surface area contributed by atoms with Crippen molar-refractivity contribution in [1.29, 1.82) is 0 Å². The van der Waals surface area contributed by atoms with Crippen LogP contribution in [-0.2, 0) is 4.74 Å². The van der Waals surface area contributed by atoms with E-state index in [1.807, 2.05) is 24.3 Å². The maximum atomic E-state index is 6.34. The molecule has 110 valence electrons. The number of ether oxygens (including phenoxy) is 2. The Hall–Kier alpha value is -0.770. The highest BCUT2D eigenvalue weighted by Crippen LogP contribution is 2.33. The molecule has 0 unspecified atom stereocenters. The molecular formula is C16H22ClNO2. The fourth-order valence-corrected chi connectivity index (χ4v) is 3.45. The zero-order chi connectivity index (χ0) is 13.8. The maximum Gasteiger partial charge on any atom is 0.138 e. The molecule has 0 aliphatic carbocycles. The molecule has 3 nitrogen and oxygen atoms in total. The SMILES string of the molecule is Clc1ccccc1O[C@H](C1CCOCC1)[C@@H]1CCNC1. The normalized spacial score (nSPS) is 25.6. The third-order valence-corrected chi connectivity index (χ3v) is 4.71. The number of benzene rings is 1. The van der Waals surface area contributed by atoms with E-state index < -0.39 is 0 Å². The molecule has 20 heavy (non-hydrogen) atoms. The van der Waals surface area contributed by atoms with E-state index in [4.69, 9.17) is 21.1 Å². The third kappa shape index (κ3) is 3.27. The molecule has 0 bridgehead atoms. The van der Waals surface area contributed by atoms with E-state index in [-0.39, 0.29) is 6.10 Å². The molecule has 2 saturated heterocycles. The molecule has 1 aromatic carbocycles. The largest absolute Gasteiger partial charge is 0.488 e. The van der Waals surface area contributed by atoms with Gasteiger partial charge < -0.3 is 14.8 Å². The van der Waals surface area contributed by atoms with Crippen LogP contribution in [0, 0.1) is 11.8 Å². The first-order valence-electron chi connectivity index (χ1n) is 7.54. The molecule has 2 aliphatic rings. The Morgan fingerprint density at radius 1 is 1.15 bits per heavy atom. The molecule has 3 rings (SSSR count). The summed E-state index contributed by atoms with van der Waals surface area (Å²) in [6.07, 6.45) is 3.61. The van der Waals surface area contributed by atoms with Crippen molar-refractivity contribution in [3.63, 3.8) is 0 Å². The van der Waals surface area contributed by atoms with Gasteiger partial charge in [0.1, 0.15) is 11.9 Å². The van der Waals surface area contributed by atoms with Crippen LogP contribution in [0.2, 0.25) is 5.02 Å². The summed E-state index contributed by atoms with van der Waals surface area (Å²) in [4.78, 5) is 0. The monoisotopic (exact) mass is 295 g/mol. The molecule has 2 atom stereocenters. The molecule has 2 aliphatic heterocycles. The summed E-state index contributed by atoms with van der Waals surface area (Å²) in [6, 6.07) is 7.78. The van der Waals surface area contributed by atoms with Crippen LogP contribution in [0.15, 0.2) is 24.3 Å². The third-order valence-electron chi connectivity index (χ3n) is 4.39. The van der Waals surface area contributed by atoms with Crippen molar-refractivity contribution >= 4 is 11.6 Å². The quantitative estimate of drug-likeness (QED) is 0.926. The Morgan fingerprint density at radius 3 is 2.65 bits per heavy atom. The van der Waals surface area contributed by atoms with Crippen molar-refractivity contribution in [3.8, 4) is 5.75 Å². The Balaban J connectivity index is 1.75. The van der Waals surface area contributed by atoms with Crippen LogP contribution in [-0.4, -0.2) is 32.4 Å². The molecule has 4 heteroatoms. The van der Waals surface area contributed by atoms with Crippen LogP contribution < -0.4 is 10.1 Å². The Kier molecular flexibility index (Phi) is 4.81. The molecule has 1 N–H and O–H groups in total. The van der Waals surface area contributed by atoms with Gasteiger partial charge in [0.15, 0.2) is 0 Å². The molecule has 0 amide bonds. The van der Waals surface area contributed by atoms with Crippen molar-refractivity contribution in [1.82, 2.24) is 5.32 Å². The van der Waals surface area contributed by atoms with Gasteiger partial charge in [-0.2, -0.15) is 0 Å². The lowest BCUT2D eigenvalue weighted by Crippen LogP contribution is -2.39. The Bertz CT molecular complexity index is 428. The number of hydrogen-bond donors (Lipinski definition) is 1. The molecule has 0 saturated carbocycles. The van der Waals surface area contributed by atoms with Crippen molar-refractivity contribution in [2.45, 2.75) is 25.4 Å². The standard InChI is InChI=1S/C16H22ClNO2/c17-14-3-1-2-4-15(14)20-16(13-5-8-18-11-13)12-6-9-19-10-7-12/h1-4,12-13,16,18H,5-11H2/t13-,16-/m1/s1. The van der Waals surface area contributed by atoms with Gasteiger partial charge in [0.25, 0.3) is 0 Å². The van der Waals surface area contributed by atoms with Gasteiger partial charge in [-0.05, 0) is 37.9 Å². The number of nitrogens with one attached hydrogen (secondary N) is 1. The van der Waals surface area contributed by atoms with E-state index in [1.54, 1.807) is 0 Å². The van der Waals surface area contributed by atoms with Crippen LogP contribution >= 0.6 is 11.6 Å². The van der Waals surface area contributed by atoms with Crippen LogP contribution in [0.1, 0.15) is 19.3 Å². The summed E-state index contributed by atoms with van der Waals surface area (Å²) >= 11 is 6.25. The smallest absolute Gasteiger partial charge is 0.138 e. The topological polar surface area (TPSA) is 30.5 Å². The number of hydrogen-bond acceptors (Lipinski definition) is 3. The average Bonchev–Trinajstić information content (AvgIpc) is 3.01. The van der Waals surface area contributed by atoms with Crippen molar-refractivity contribution in [2.24, 2.45) is 11.8 Å². The van der Waals surface area contributed by atoms with Gasteiger partial charge in [0.2, 0.25) is 0 Å². The molecule has 0 spiro atoms. The second-order valence-corrected chi connectivity index (χ2v) is 6.12. The summed E-state index contributed by atoms with van der Waals surface area (Å²) < 4.78 is 11.8. The highest BCUT2D eigenvalue weighted by atomic mass is 35.5. The van der Waals surface area contributed by atoms with Crippen molar-refractivity contribution in [2.75, 3.05) is 26.3 Å². The molecule has 2 fully saturated rings. The van der Waals surface area contributed by atoms with Gasteiger partial charge in [0, 0.05) is 31.6 Å². The van der Waals surface area contributed by atoms with Crippen LogP contribution in [0.25, 0.3) is 0 Å². The van der Waals surface area contributed by atoms with E-state index in [2.05, 4.69) is 5.32 Å². The summed E-state index contributed by atoms with van der Waals surface area (Å²) in [7, 11) is 0. The van der Waals surface area contributed by atoms with Gasteiger partial charge in [0.05, 0.1) is 5.02 Å². The first-order valence-corrected chi connectivity index (χ1v) is 7.92. The lowest BCUT2D eigenvalue weighted by Gasteiger charge is -2.34. The minimum absolute atomic E-state index is 0.244. The number of rotatable bonds is 4. The fourth-order valence-electron chi connectivity index (χ4n) is 3.27. The predicted molar refractivity (Wildman–Crippen MR) is 80.4 cm³/mol. The second-order valence-electron chi connectivity index (χ2n) is 5.72. The summed E-state index contributed by atoms with van der Waals surface area (Å²) in [6.45, 7) is 3.85. The summed E-state index contributed by atoms with van der Waals surface area (Å²) in [5, 5.41) is 4.15. The highest BCUT2D eigenvalue weighted by Gasteiger charge is 2.34. The number of halogens is 1. The van der Waals surface area contributed by atoms with Gasteiger partial charge in [-0.3, -0.25) is 0 Å². The average molecular weight is 296 g/mol. The molecule has 0 aromatic heterocycles. The lowest BCUT2D eigenvalue weighted by molar-refractivity contribution is -0.00129. The van der Waals surface area contributed by atoms with Gasteiger partial charge in [-0.15, -0.1) is 0 Å². The van der Waals surface area contributed by atoms with Gasteiger partial charge in [-0.1, -0.05) is 23.7 Å². The van der Waals surface area contributed by atoms with E-state index in [0.717, 1.165) is 44.9 Å². The first-order chi connectivity index (χ1) is 9.84. The summed E-state index contributed by atoms with van der Waals surface area (Å²) in [5.74, 6) is 1.97. The van der Waals surface area contributed by atoms with Crippen LogP contribution in [0.5, 0.6) is 5.75 Å². The molecule has 2 heterocycles. The highest BCUT2D eigenvalue weighted by molar-refractivity contribution is 6.32. The Labute approximate surface area is 125 Å². The van der Waals surface area contributed by atoms with Crippen molar-refractivity contribution < 1.29 is 9.47 Å². The second kappa shape index (κ2) is 6.79. The first kappa shape index (κ1) is 14.2. The summed E-state index contributed by atoms with van der Waals surface area (Å²) in [5.41, 5.74) is 0. The minimum atomic E-state index is 0.244. The molecule has 0 radical (unpaired) electrons. The minimum Gasteiger partial charge on any atom is -0.488 e. The molecular weight excluding hydrogens is 274 g/mol. The van der Waals surface area contributed by atoms with E-state index >= 15 is 0 Å². The predicted octanol–water partition coefficient (Wildman–Crippen LogP) is 3.12. The van der Waals surface area contributed by atoms with E-state index in [0.29, 0.717) is 16.9 Å². The van der Waals surface area contributed by atoms with E-state index in [9.17, 15) is 0 Å². The van der Waals surface area contributed by atoms with Gasteiger partial charge in [-0.25, -0.2) is 0 Å². The molecule has 1 aromatic rings. The number of para-hydroxylation sites is 1. The zero-order valence-corrected chi connectivity index (χ0v) is 12.4. The van der Waals surface area contributed by atoms with E-state index in [1.165, 1.54) is 6.42 Å². The van der Waals surface area contributed by atoms with Crippen molar-refractivity contribution in [3.05, 3.63) is 29.3 Å². The Morgan fingerprint density at radius 2 is 1.95 bits per heavy atom. The van der Waals surface area contributed by atoms with Crippen LogP contribution in [0.3, 0.4) is 0 Å². The van der Waals surface area contributed by atoms with Crippen LogP contribution in [0.4, 0.5) is 0 Å². The van der Waals surface area contributed by atoms with Gasteiger partial charge >= 0.3 is 0 Å². The zero-order valence-electron chi connectivity index (χ0n) is 11.7. The fraction of sp³-hybridized carbons (Fsp3) is 0.625. The lowest BCUT2D eigenvalue weighted by atomic mass is 9.85.